The normalized spacial score (nSPS) is 11.3. The fourth-order valence-electron chi connectivity index (χ4n) is 1.31. The van der Waals surface area contributed by atoms with Gasteiger partial charge in [-0.2, -0.15) is 0 Å². The van der Waals surface area contributed by atoms with Gasteiger partial charge in [0.2, 0.25) is 0 Å². The number of hydrogen-bond donors (Lipinski definition) is 2. The van der Waals surface area contributed by atoms with Gasteiger partial charge in [0.25, 0.3) is 0 Å². The Hall–Kier alpha value is -1.19. The van der Waals surface area contributed by atoms with Crippen LogP contribution in [0.4, 0.5) is 0 Å². The summed E-state index contributed by atoms with van der Waals surface area (Å²) in [6.07, 6.45) is 2.35. The van der Waals surface area contributed by atoms with Gasteiger partial charge in [0.15, 0.2) is 11.5 Å². The molecule has 1 rings (SSSR count). The van der Waals surface area contributed by atoms with Crippen LogP contribution in [0.2, 0.25) is 0 Å². The predicted molar refractivity (Wildman–Crippen MR) is 63.6 cm³/mol. The van der Waals surface area contributed by atoms with Crippen molar-refractivity contribution >= 4 is 12.4 Å². The second-order valence-electron chi connectivity index (χ2n) is 3.03. The summed E-state index contributed by atoms with van der Waals surface area (Å²) >= 11 is 0. The number of para-hydroxylation sites is 1. The Morgan fingerprint density at radius 2 is 2.27 bits per heavy atom. The van der Waals surface area contributed by atoms with E-state index in [0.29, 0.717) is 17.7 Å². The van der Waals surface area contributed by atoms with E-state index >= 15 is 0 Å². The van der Waals surface area contributed by atoms with Gasteiger partial charge in [-0.1, -0.05) is 18.2 Å². The van der Waals surface area contributed by atoms with Gasteiger partial charge < -0.3 is 15.6 Å². The van der Waals surface area contributed by atoms with Crippen molar-refractivity contribution in [2.45, 2.75) is 12.5 Å². The number of halogens is 1. The molecule has 1 aromatic rings. The molecule has 0 aliphatic carbocycles. The Balaban J connectivity index is 0.00000196. The van der Waals surface area contributed by atoms with Gasteiger partial charge in [-0.15, -0.1) is 19.0 Å². The standard InChI is InChI=1S/C11H15NO2.ClH/c1-3-5-9(12)8-6-4-7-10(14-2)11(8)13;/h3-4,6-7,9,13H,1,5,12H2,2H3;1H/t9-;/m0./s1. The van der Waals surface area contributed by atoms with Crippen LogP contribution in [0.5, 0.6) is 11.5 Å². The number of rotatable bonds is 4. The van der Waals surface area contributed by atoms with Crippen molar-refractivity contribution in [3.05, 3.63) is 36.4 Å². The van der Waals surface area contributed by atoms with Crippen LogP contribution in [-0.2, 0) is 0 Å². The van der Waals surface area contributed by atoms with Crippen molar-refractivity contribution < 1.29 is 9.84 Å². The van der Waals surface area contributed by atoms with Crippen LogP contribution in [0.3, 0.4) is 0 Å². The van der Waals surface area contributed by atoms with Crippen molar-refractivity contribution in [3.63, 3.8) is 0 Å². The highest BCUT2D eigenvalue weighted by atomic mass is 35.5. The average molecular weight is 230 g/mol. The Bertz CT molecular complexity index is 328. The quantitative estimate of drug-likeness (QED) is 0.780. The number of nitrogens with two attached hydrogens (primary N) is 1. The van der Waals surface area contributed by atoms with Gasteiger partial charge >= 0.3 is 0 Å². The number of aromatic hydroxyl groups is 1. The van der Waals surface area contributed by atoms with E-state index < -0.39 is 0 Å². The smallest absolute Gasteiger partial charge is 0.162 e. The lowest BCUT2D eigenvalue weighted by atomic mass is 10.0. The number of phenols is 1. The predicted octanol–water partition coefficient (Wildman–Crippen LogP) is 2.40. The van der Waals surface area contributed by atoms with E-state index in [0.717, 1.165) is 0 Å². The third-order valence-electron chi connectivity index (χ3n) is 2.07. The third-order valence-corrected chi connectivity index (χ3v) is 2.07. The molecule has 0 aliphatic rings. The highest BCUT2D eigenvalue weighted by molar-refractivity contribution is 5.85. The summed E-state index contributed by atoms with van der Waals surface area (Å²) in [6.45, 7) is 3.61. The molecule has 0 radical (unpaired) electrons. The topological polar surface area (TPSA) is 55.5 Å². The molecule has 0 aromatic heterocycles. The highest BCUT2D eigenvalue weighted by Gasteiger charge is 2.12. The highest BCUT2D eigenvalue weighted by Crippen LogP contribution is 2.33. The van der Waals surface area contributed by atoms with E-state index in [1.165, 1.54) is 7.11 Å². The lowest BCUT2D eigenvalue weighted by Crippen LogP contribution is -2.09. The number of methoxy groups -OCH3 is 1. The molecule has 15 heavy (non-hydrogen) atoms. The molecule has 3 N–H and O–H groups in total. The van der Waals surface area contributed by atoms with Crippen LogP contribution < -0.4 is 10.5 Å². The zero-order valence-electron chi connectivity index (χ0n) is 8.64. The summed E-state index contributed by atoms with van der Waals surface area (Å²) < 4.78 is 4.98. The molecule has 0 amide bonds. The fourth-order valence-corrected chi connectivity index (χ4v) is 1.31. The van der Waals surface area contributed by atoms with Gasteiger partial charge in [0, 0.05) is 11.6 Å². The van der Waals surface area contributed by atoms with Gasteiger partial charge in [-0.05, 0) is 12.5 Å². The van der Waals surface area contributed by atoms with E-state index in [2.05, 4.69) is 6.58 Å². The van der Waals surface area contributed by atoms with Crippen molar-refractivity contribution in [1.29, 1.82) is 0 Å². The molecular weight excluding hydrogens is 214 g/mol. The minimum Gasteiger partial charge on any atom is -0.504 e. The largest absolute Gasteiger partial charge is 0.504 e. The summed E-state index contributed by atoms with van der Waals surface area (Å²) in [6, 6.07) is 5.05. The molecule has 0 unspecified atom stereocenters. The maximum atomic E-state index is 9.75. The fraction of sp³-hybridized carbons (Fsp3) is 0.273. The molecule has 4 heteroatoms. The van der Waals surface area contributed by atoms with Gasteiger partial charge in [-0.3, -0.25) is 0 Å². The minimum atomic E-state index is -0.234. The van der Waals surface area contributed by atoms with Crippen molar-refractivity contribution in [2.24, 2.45) is 5.73 Å². The van der Waals surface area contributed by atoms with Crippen molar-refractivity contribution in [2.75, 3.05) is 7.11 Å². The third kappa shape index (κ3) is 3.15. The summed E-state index contributed by atoms with van der Waals surface area (Å²) in [5.74, 6) is 0.561. The molecule has 0 heterocycles. The van der Waals surface area contributed by atoms with Gasteiger partial charge in [-0.25, -0.2) is 0 Å². The molecule has 1 aromatic carbocycles. The number of ether oxygens (including phenoxy) is 1. The van der Waals surface area contributed by atoms with Crippen molar-refractivity contribution in [3.8, 4) is 11.5 Å². The first kappa shape index (κ1) is 13.8. The molecule has 84 valence electrons. The Labute approximate surface area is 96.0 Å². The summed E-state index contributed by atoms with van der Waals surface area (Å²) in [5, 5.41) is 9.75. The number of phenolic OH excluding ortho intramolecular Hbond substituents is 1. The average Bonchev–Trinajstić information content (AvgIpc) is 2.18. The molecule has 0 fully saturated rings. The Kier molecular flexibility index (Phi) is 5.82. The van der Waals surface area contributed by atoms with E-state index in [1.807, 2.05) is 0 Å². The van der Waals surface area contributed by atoms with Crippen molar-refractivity contribution in [1.82, 2.24) is 0 Å². The van der Waals surface area contributed by atoms with E-state index in [1.54, 1.807) is 24.3 Å². The van der Waals surface area contributed by atoms with Gasteiger partial charge in [0.1, 0.15) is 0 Å². The summed E-state index contributed by atoms with van der Waals surface area (Å²) in [5.41, 5.74) is 6.53. The zero-order valence-corrected chi connectivity index (χ0v) is 9.46. The molecule has 0 bridgehead atoms. The molecule has 0 saturated heterocycles. The van der Waals surface area contributed by atoms with Crippen LogP contribution in [0, 0.1) is 0 Å². The maximum Gasteiger partial charge on any atom is 0.162 e. The summed E-state index contributed by atoms with van der Waals surface area (Å²) in [7, 11) is 1.51. The maximum absolute atomic E-state index is 9.75. The SMILES string of the molecule is C=CC[C@H](N)c1cccc(OC)c1O.Cl. The van der Waals surface area contributed by atoms with E-state index in [-0.39, 0.29) is 24.2 Å². The first-order valence-electron chi connectivity index (χ1n) is 4.43. The molecular formula is C11H16ClNO2. The number of hydrogen-bond acceptors (Lipinski definition) is 3. The molecule has 3 nitrogen and oxygen atoms in total. The van der Waals surface area contributed by atoms with Crippen LogP contribution in [0.25, 0.3) is 0 Å². The monoisotopic (exact) mass is 229 g/mol. The van der Waals surface area contributed by atoms with Crippen LogP contribution >= 0.6 is 12.4 Å². The minimum absolute atomic E-state index is 0. The Morgan fingerprint density at radius 3 is 2.80 bits per heavy atom. The molecule has 0 aliphatic heterocycles. The van der Waals surface area contributed by atoms with Crippen LogP contribution in [0.1, 0.15) is 18.0 Å². The Morgan fingerprint density at radius 1 is 1.60 bits per heavy atom. The lowest BCUT2D eigenvalue weighted by molar-refractivity contribution is 0.368. The number of benzene rings is 1. The lowest BCUT2D eigenvalue weighted by Gasteiger charge is -2.13. The van der Waals surface area contributed by atoms with E-state index in [4.69, 9.17) is 10.5 Å². The van der Waals surface area contributed by atoms with Crippen LogP contribution in [0.15, 0.2) is 30.9 Å². The molecule has 1 atom stereocenters. The second-order valence-corrected chi connectivity index (χ2v) is 3.03. The second kappa shape index (κ2) is 6.32. The van der Waals surface area contributed by atoms with E-state index in [9.17, 15) is 5.11 Å². The molecule has 0 spiro atoms. The first-order chi connectivity index (χ1) is 6.70. The summed E-state index contributed by atoms with van der Waals surface area (Å²) in [4.78, 5) is 0. The molecule has 0 saturated carbocycles. The van der Waals surface area contributed by atoms with Crippen LogP contribution in [-0.4, -0.2) is 12.2 Å². The zero-order chi connectivity index (χ0) is 10.6. The van der Waals surface area contributed by atoms with Gasteiger partial charge in [0.05, 0.1) is 7.11 Å². The first-order valence-corrected chi connectivity index (χ1v) is 4.43.